The maximum Gasteiger partial charge on any atom is 0.332 e. The lowest BCUT2D eigenvalue weighted by Crippen LogP contribution is -2.42. The van der Waals surface area contributed by atoms with Gasteiger partial charge >= 0.3 is 5.69 Å². The van der Waals surface area contributed by atoms with Crippen LogP contribution in [0.2, 0.25) is 5.02 Å². The van der Waals surface area contributed by atoms with Gasteiger partial charge in [0.05, 0.1) is 32.3 Å². The van der Waals surface area contributed by atoms with E-state index in [0.29, 0.717) is 29.7 Å². The first-order valence-electron chi connectivity index (χ1n) is 11.0. The fourth-order valence-electron chi connectivity index (χ4n) is 4.35. The Bertz CT molecular complexity index is 1490. The van der Waals surface area contributed by atoms with E-state index < -0.39 is 17.4 Å². The van der Waals surface area contributed by atoms with Gasteiger partial charge in [0, 0.05) is 17.8 Å². The predicted octanol–water partition coefficient (Wildman–Crippen LogP) is 2.51. The number of imidazole rings is 1. The van der Waals surface area contributed by atoms with Crippen molar-refractivity contribution < 1.29 is 9.84 Å². The van der Waals surface area contributed by atoms with Crippen LogP contribution >= 0.6 is 11.6 Å². The van der Waals surface area contributed by atoms with Crippen LogP contribution in [0, 0.1) is 0 Å². The Hall–Kier alpha value is -3.56. The highest BCUT2D eigenvalue weighted by atomic mass is 35.5. The van der Waals surface area contributed by atoms with Gasteiger partial charge in [-0.3, -0.25) is 13.9 Å². The summed E-state index contributed by atoms with van der Waals surface area (Å²) in [7, 11) is 1.59. The van der Waals surface area contributed by atoms with Gasteiger partial charge in [0.2, 0.25) is 5.95 Å². The number of fused-ring (bicyclic) bond motifs is 3. The van der Waals surface area contributed by atoms with E-state index in [-0.39, 0.29) is 24.3 Å². The van der Waals surface area contributed by atoms with Crippen LogP contribution in [0.15, 0.2) is 58.1 Å². The molecule has 34 heavy (non-hydrogen) atoms. The third kappa shape index (κ3) is 3.66. The van der Waals surface area contributed by atoms with E-state index >= 15 is 0 Å². The van der Waals surface area contributed by atoms with Gasteiger partial charge in [0.15, 0.2) is 11.2 Å². The first-order chi connectivity index (χ1) is 16.4. The molecule has 0 saturated carbocycles. The smallest absolute Gasteiger partial charge is 0.332 e. The van der Waals surface area contributed by atoms with Crippen LogP contribution in [0.25, 0.3) is 11.2 Å². The summed E-state index contributed by atoms with van der Waals surface area (Å²) >= 11 is 6.28. The quantitative estimate of drug-likeness (QED) is 0.470. The topological polar surface area (TPSA) is 94.5 Å². The Balaban J connectivity index is 1.67. The molecular weight excluding hydrogens is 458 g/mol. The molecule has 3 heterocycles. The van der Waals surface area contributed by atoms with E-state index in [2.05, 4.69) is 4.98 Å². The van der Waals surface area contributed by atoms with E-state index in [9.17, 15) is 14.7 Å². The molecule has 4 aromatic rings. The number of aliphatic hydroxyl groups is 1. The summed E-state index contributed by atoms with van der Waals surface area (Å²) in [5, 5.41) is 11.1. The maximum atomic E-state index is 13.5. The number of β-amino-alcohol motifs (C(OH)–C–C–N with tert-alkyl or cyclic N) is 1. The highest BCUT2D eigenvalue weighted by Crippen LogP contribution is 2.32. The number of anilines is 2. The zero-order chi connectivity index (χ0) is 24.0. The molecule has 1 aliphatic heterocycles. The molecule has 0 fully saturated rings. The molecule has 1 aliphatic rings. The molecule has 2 aromatic heterocycles. The van der Waals surface area contributed by atoms with Crippen molar-refractivity contribution in [3.8, 4) is 5.75 Å². The molecule has 1 N–H and O–H groups in total. The summed E-state index contributed by atoms with van der Waals surface area (Å²) in [6, 6.07) is 14.5. The van der Waals surface area contributed by atoms with Crippen molar-refractivity contribution in [2.24, 2.45) is 7.05 Å². The number of aliphatic hydroxyl groups excluding tert-OH is 1. The van der Waals surface area contributed by atoms with E-state index in [1.165, 1.54) is 4.57 Å². The summed E-state index contributed by atoms with van der Waals surface area (Å²) in [6.45, 7) is 3.01. The average molecular weight is 482 g/mol. The molecule has 0 amide bonds. The highest BCUT2D eigenvalue weighted by molar-refractivity contribution is 6.31. The molecule has 0 radical (unpaired) electrons. The van der Waals surface area contributed by atoms with Crippen molar-refractivity contribution in [2.75, 3.05) is 18.1 Å². The van der Waals surface area contributed by atoms with Gasteiger partial charge in [-0.15, -0.1) is 0 Å². The van der Waals surface area contributed by atoms with Gasteiger partial charge in [-0.25, -0.2) is 4.79 Å². The molecule has 176 valence electrons. The Morgan fingerprint density at radius 1 is 1.12 bits per heavy atom. The molecule has 5 rings (SSSR count). The van der Waals surface area contributed by atoms with Crippen molar-refractivity contribution >= 4 is 34.4 Å². The van der Waals surface area contributed by atoms with E-state index in [1.807, 2.05) is 36.1 Å². The van der Waals surface area contributed by atoms with Crippen LogP contribution in [0.5, 0.6) is 5.75 Å². The largest absolute Gasteiger partial charge is 0.494 e. The SMILES string of the molecule is CCOc1ccc(N2C[C@H](O)Cn3c2nc2c3c(=O)n(Cc3ccccc3Cl)c(=O)n2C)cc1. The van der Waals surface area contributed by atoms with E-state index in [0.717, 1.165) is 16.0 Å². The summed E-state index contributed by atoms with van der Waals surface area (Å²) in [4.78, 5) is 33.2. The highest BCUT2D eigenvalue weighted by Gasteiger charge is 2.30. The fraction of sp³-hybridized carbons (Fsp3) is 0.292. The molecule has 0 saturated heterocycles. The molecule has 0 unspecified atom stereocenters. The lowest BCUT2D eigenvalue weighted by atomic mass is 10.2. The Morgan fingerprint density at radius 2 is 1.85 bits per heavy atom. The van der Waals surface area contributed by atoms with Crippen LogP contribution in [-0.2, 0) is 20.1 Å². The van der Waals surface area contributed by atoms with Gasteiger partial charge in [0.25, 0.3) is 5.56 Å². The third-order valence-electron chi connectivity index (χ3n) is 5.99. The van der Waals surface area contributed by atoms with Crippen LogP contribution < -0.4 is 20.9 Å². The van der Waals surface area contributed by atoms with Crippen molar-refractivity contribution in [1.29, 1.82) is 0 Å². The molecule has 0 bridgehead atoms. The van der Waals surface area contributed by atoms with Crippen molar-refractivity contribution in [2.45, 2.75) is 26.1 Å². The number of halogens is 1. The number of rotatable bonds is 5. The van der Waals surface area contributed by atoms with Crippen molar-refractivity contribution in [3.05, 3.63) is 80.0 Å². The lowest BCUT2D eigenvalue weighted by molar-refractivity contribution is 0.154. The fourth-order valence-corrected chi connectivity index (χ4v) is 4.54. The van der Waals surface area contributed by atoms with Crippen LogP contribution in [0.4, 0.5) is 11.6 Å². The first-order valence-corrected chi connectivity index (χ1v) is 11.4. The standard InChI is InChI=1S/C24H24ClN5O4/c1-3-34-18-10-8-16(9-11-18)28-13-17(31)14-29-20-21(26-23(28)29)27(2)24(33)30(22(20)32)12-15-6-4-5-7-19(15)25/h4-11,17,31H,3,12-14H2,1-2H3/t17-/m0/s1. The normalized spacial score (nSPS) is 15.5. The van der Waals surface area contributed by atoms with E-state index in [4.69, 9.17) is 16.3 Å². The van der Waals surface area contributed by atoms with Gasteiger partial charge in [0.1, 0.15) is 5.75 Å². The minimum Gasteiger partial charge on any atom is -0.494 e. The predicted molar refractivity (Wildman–Crippen MR) is 130 cm³/mol. The number of benzene rings is 2. The maximum absolute atomic E-state index is 13.5. The number of nitrogens with zero attached hydrogens (tertiary/aromatic N) is 5. The number of hydrogen-bond acceptors (Lipinski definition) is 6. The van der Waals surface area contributed by atoms with Gasteiger partial charge in [-0.1, -0.05) is 29.8 Å². The van der Waals surface area contributed by atoms with Crippen molar-refractivity contribution in [1.82, 2.24) is 18.7 Å². The second-order valence-corrected chi connectivity index (χ2v) is 8.62. The van der Waals surface area contributed by atoms with Crippen LogP contribution in [0.3, 0.4) is 0 Å². The number of ether oxygens (including phenoxy) is 1. The second kappa shape index (κ2) is 8.66. The summed E-state index contributed by atoms with van der Waals surface area (Å²) < 4.78 is 9.72. The summed E-state index contributed by atoms with van der Waals surface area (Å²) in [6.07, 6.45) is -0.731. The first kappa shape index (κ1) is 22.2. The molecule has 0 spiro atoms. The zero-order valence-corrected chi connectivity index (χ0v) is 19.6. The minimum absolute atomic E-state index is 0.0345. The van der Waals surface area contributed by atoms with Gasteiger partial charge < -0.3 is 19.3 Å². The number of aromatic nitrogens is 4. The lowest BCUT2D eigenvalue weighted by Gasteiger charge is -2.32. The zero-order valence-electron chi connectivity index (χ0n) is 18.8. The summed E-state index contributed by atoms with van der Waals surface area (Å²) in [5.41, 5.74) is 1.03. The average Bonchev–Trinajstić information content (AvgIpc) is 3.21. The Labute approximate surface area is 200 Å². The number of aryl methyl sites for hydroxylation is 1. The molecule has 2 aromatic carbocycles. The molecule has 9 nitrogen and oxygen atoms in total. The van der Waals surface area contributed by atoms with Gasteiger partial charge in [-0.2, -0.15) is 4.98 Å². The van der Waals surface area contributed by atoms with Gasteiger partial charge in [-0.05, 0) is 42.8 Å². The Morgan fingerprint density at radius 3 is 2.56 bits per heavy atom. The third-order valence-corrected chi connectivity index (χ3v) is 6.35. The molecular formula is C24H24ClN5O4. The minimum atomic E-state index is -0.731. The molecule has 0 aliphatic carbocycles. The van der Waals surface area contributed by atoms with Crippen LogP contribution in [0.1, 0.15) is 12.5 Å². The molecule has 10 heteroatoms. The van der Waals surface area contributed by atoms with E-state index in [1.54, 1.807) is 35.9 Å². The van der Waals surface area contributed by atoms with Crippen LogP contribution in [-0.4, -0.2) is 43.0 Å². The second-order valence-electron chi connectivity index (χ2n) is 8.21. The molecule has 1 atom stereocenters. The summed E-state index contributed by atoms with van der Waals surface area (Å²) in [5.74, 6) is 1.23. The monoisotopic (exact) mass is 481 g/mol. The Kier molecular flexibility index (Phi) is 5.66. The van der Waals surface area contributed by atoms with Crippen molar-refractivity contribution in [3.63, 3.8) is 0 Å². The number of hydrogen-bond donors (Lipinski definition) is 1.